The van der Waals surface area contributed by atoms with Crippen LogP contribution in [0.25, 0.3) is 0 Å². The number of rotatable bonds is 5. The van der Waals surface area contributed by atoms with Crippen LogP contribution in [-0.4, -0.2) is 63.6 Å². The second kappa shape index (κ2) is 10.7. The second-order valence-corrected chi connectivity index (χ2v) is 7.14. The van der Waals surface area contributed by atoms with E-state index in [4.69, 9.17) is 5.11 Å². The summed E-state index contributed by atoms with van der Waals surface area (Å²) in [5.41, 5.74) is 2.76. The van der Waals surface area contributed by atoms with Crippen molar-refractivity contribution >= 4 is 5.91 Å². The van der Waals surface area contributed by atoms with E-state index in [0.29, 0.717) is 18.5 Å². The molecular formula is C23H28N4O2. The average molecular weight is 393 g/mol. The molecule has 1 N–H and O–H groups in total. The number of aryl methyl sites for hydroxylation is 1. The first-order valence-electron chi connectivity index (χ1n) is 10.2. The Labute approximate surface area is 172 Å². The van der Waals surface area contributed by atoms with Gasteiger partial charge < -0.3 is 10.0 Å². The van der Waals surface area contributed by atoms with Crippen molar-refractivity contribution in [2.75, 3.05) is 32.8 Å². The lowest BCUT2D eigenvalue weighted by atomic mass is 10.1. The van der Waals surface area contributed by atoms with E-state index in [-0.39, 0.29) is 12.5 Å². The van der Waals surface area contributed by atoms with Gasteiger partial charge in [-0.3, -0.25) is 9.69 Å². The maximum absolute atomic E-state index is 12.8. The summed E-state index contributed by atoms with van der Waals surface area (Å²) < 4.78 is 0. The summed E-state index contributed by atoms with van der Waals surface area (Å²) in [5.74, 6) is 6.76. The van der Waals surface area contributed by atoms with Gasteiger partial charge in [-0.15, -0.1) is 0 Å². The van der Waals surface area contributed by atoms with Crippen LogP contribution < -0.4 is 0 Å². The van der Waals surface area contributed by atoms with Crippen molar-refractivity contribution in [3.8, 4) is 11.8 Å². The zero-order valence-corrected chi connectivity index (χ0v) is 17.0. The summed E-state index contributed by atoms with van der Waals surface area (Å²) in [5, 5.41) is 8.79. The summed E-state index contributed by atoms with van der Waals surface area (Å²) in [6, 6.07) is 8.24. The molecule has 2 heterocycles. The van der Waals surface area contributed by atoms with Crippen molar-refractivity contribution < 1.29 is 9.90 Å². The fourth-order valence-corrected chi connectivity index (χ4v) is 3.33. The van der Waals surface area contributed by atoms with Crippen LogP contribution in [0, 0.1) is 11.8 Å². The number of carbonyl (C=O) groups is 1. The van der Waals surface area contributed by atoms with Crippen LogP contribution in [0.1, 0.15) is 47.1 Å². The van der Waals surface area contributed by atoms with Gasteiger partial charge in [0.2, 0.25) is 0 Å². The number of aliphatic hydroxyl groups excluding tert-OH is 1. The topological polar surface area (TPSA) is 69.6 Å². The largest absolute Gasteiger partial charge is 0.395 e. The van der Waals surface area contributed by atoms with E-state index in [0.717, 1.165) is 50.4 Å². The molecule has 0 atom stereocenters. The third kappa shape index (κ3) is 6.11. The molecule has 1 fully saturated rings. The molecule has 0 saturated carbocycles. The van der Waals surface area contributed by atoms with Crippen molar-refractivity contribution in [2.45, 2.75) is 32.7 Å². The number of nitrogens with zero attached hydrogens (tertiary/aromatic N) is 4. The van der Waals surface area contributed by atoms with Gasteiger partial charge in [0.25, 0.3) is 5.91 Å². The van der Waals surface area contributed by atoms with Crippen LogP contribution >= 0.6 is 0 Å². The number of hydrogen-bond acceptors (Lipinski definition) is 5. The first kappa shape index (κ1) is 21.0. The van der Waals surface area contributed by atoms with E-state index in [2.05, 4.69) is 38.8 Å². The number of benzene rings is 1. The molecule has 152 valence electrons. The third-order valence-corrected chi connectivity index (χ3v) is 4.97. The molecule has 6 nitrogen and oxygen atoms in total. The third-order valence-electron chi connectivity index (χ3n) is 4.97. The molecule has 1 amide bonds. The molecule has 1 aliphatic rings. The lowest BCUT2D eigenvalue weighted by Crippen LogP contribution is -2.35. The molecule has 1 aliphatic heterocycles. The van der Waals surface area contributed by atoms with Crippen molar-refractivity contribution in [1.82, 2.24) is 19.8 Å². The van der Waals surface area contributed by atoms with Gasteiger partial charge in [-0.05, 0) is 24.1 Å². The van der Waals surface area contributed by atoms with Gasteiger partial charge in [-0.2, -0.15) is 0 Å². The van der Waals surface area contributed by atoms with Crippen molar-refractivity contribution in [2.24, 2.45) is 0 Å². The Morgan fingerprint density at radius 1 is 1.10 bits per heavy atom. The number of carbonyl (C=O) groups excluding carboxylic acids is 1. The fraction of sp³-hybridized carbons (Fsp3) is 0.435. The van der Waals surface area contributed by atoms with E-state index in [1.54, 1.807) is 12.4 Å². The van der Waals surface area contributed by atoms with Crippen LogP contribution in [0.4, 0.5) is 0 Å². The number of amides is 1. The molecular weight excluding hydrogens is 364 g/mol. The molecule has 0 radical (unpaired) electrons. The zero-order chi connectivity index (χ0) is 20.5. The van der Waals surface area contributed by atoms with E-state index >= 15 is 0 Å². The predicted octanol–water partition coefficient (Wildman–Crippen LogP) is 2.12. The molecule has 2 aromatic rings. The van der Waals surface area contributed by atoms with Crippen LogP contribution in [0.15, 0.2) is 36.7 Å². The minimum absolute atomic E-state index is 0.0142. The molecule has 6 heteroatoms. The molecule has 29 heavy (non-hydrogen) atoms. The number of aliphatic hydroxyl groups is 1. The molecule has 1 aromatic carbocycles. The summed E-state index contributed by atoms with van der Waals surface area (Å²) in [6.45, 7) is 6.23. The van der Waals surface area contributed by atoms with Gasteiger partial charge in [0, 0.05) is 63.5 Å². The van der Waals surface area contributed by atoms with E-state index in [1.165, 1.54) is 5.56 Å². The van der Waals surface area contributed by atoms with E-state index in [1.807, 2.05) is 24.0 Å². The normalized spacial score (nSPS) is 14.8. The van der Waals surface area contributed by atoms with Gasteiger partial charge in [-0.25, -0.2) is 9.97 Å². The van der Waals surface area contributed by atoms with Gasteiger partial charge in [-0.1, -0.05) is 30.9 Å². The molecule has 0 spiro atoms. The molecule has 1 saturated heterocycles. The quantitative estimate of drug-likeness (QED) is 0.790. The van der Waals surface area contributed by atoms with E-state index in [9.17, 15) is 4.79 Å². The minimum atomic E-state index is 0.0142. The Morgan fingerprint density at radius 3 is 2.55 bits per heavy atom. The van der Waals surface area contributed by atoms with E-state index < -0.39 is 0 Å². The van der Waals surface area contributed by atoms with Gasteiger partial charge >= 0.3 is 0 Å². The average Bonchev–Trinajstić information content (AvgIpc) is 3.00. The summed E-state index contributed by atoms with van der Waals surface area (Å²) in [7, 11) is 0. The summed E-state index contributed by atoms with van der Waals surface area (Å²) >= 11 is 0. The smallest absolute Gasteiger partial charge is 0.257 e. The van der Waals surface area contributed by atoms with Gasteiger partial charge in [0.05, 0.1) is 12.2 Å². The highest BCUT2D eigenvalue weighted by Gasteiger charge is 2.21. The number of hydrogen-bond donors (Lipinski definition) is 1. The molecule has 3 rings (SSSR count). The molecule has 0 bridgehead atoms. The first-order chi connectivity index (χ1) is 14.2. The Hall–Kier alpha value is -2.75. The Kier molecular flexibility index (Phi) is 7.74. The highest BCUT2D eigenvalue weighted by molar-refractivity contribution is 5.93. The lowest BCUT2D eigenvalue weighted by Gasteiger charge is -2.22. The Bertz CT molecular complexity index is 853. The highest BCUT2D eigenvalue weighted by atomic mass is 16.2. The standard InChI is InChI=1S/C23H28N4O2/c1-2-22-24-16-21(17-25-22)23(29)27-12-5-11-26(13-14-27)18-20-9-7-19(8-10-20)6-3-4-15-28/h7-10,16-17,28H,2,4-5,11-15,18H2,1H3. The Morgan fingerprint density at radius 2 is 1.86 bits per heavy atom. The highest BCUT2D eigenvalue weighted by Crippen LogP contribution is 2.12. The SMILES string of the molecule is CCc1ncc(C(=O)N2CCCN(Cc3ccc(C#CCCO)cc3)CC2)cn1. The van der Waals surface area contributed by atoms with Crippen LogP contribution in [0.2, 0.25) is 0 Å². The van der Waals surface area contributed by atoms with Gasteiger partial charge in [0.1, 0.15) is 5.82 Å². The summed E-state index contributed by atoms with van der Waals surface area (Å²) in [4.78, 5) is 25.5. The molecule has 1 aromatic heterocycles. The molecule has 0 unspecified atom stereocenters. The Balaban J connectivity index is 1.54. The first-order valence-corrected chi connectivity index (χ1v) is 10.2. The van der Waals surface area contributed by atoms with Crippen LogP contribution in [-0.2, 0) is 13.0 Å². The zero-order valence-electron chi connectivity index (χ0n) is 17.0. The van der Waals surface area contributed by atoms with Crippen molar-refractivity contribution in [1.29, 1.82) is 0 Å². The second-order valence-electron chi connectivity index (χ2n) is 7.14. The maximum Gasteiger partial charge on any atom is 0.257 e. The maximum atomic E-state index is 12.8. The van der Waals surface area contributed by atoms with Crippen LogP contribution in [0.5, 0.6) is 0 Å². The lowest BCUT2D eigenvalue weighted by molar-refractivity contribution is 0.0760. The number of aromatic nitrogens is 2. The van der Waals surface area contributed by atoms with Crippen molar-refractivity contribution in [3.05, 3.63) is 59.2 Å². The molecule has 0 aliphatic carbocycles. The van der Waals surface area contributed by atoms with Crippen LogP contribution in [0.3, 0.4) is 0 Å². The van der Waals surface area contributed by atoms with Gasteiger partial charge in [0.15, 0.2) is 0 Å². The fourth-order valence-electron chi connectivity index (χ4n) is 3.33. The van der Waals surface area contributed by atoms with Crippen molar-refractivity contribution in [3.63, 3.8) is 0 Å². The predicted molar refractivity (Wildman–Crippen MR) is 112 cm³/mol. The summed E-state index contributed by atoms with van der Waals surface area (Å²) in [6.07, 6.45) is 5.50. The monoisotopic (exact) mass is 392 g/mol. The minimum Gasteiger partial charge on any atom is -0.395 e.